The van der Waals surface area contributed by atoms with Gasteiger partial charge in [0.25, 0.3) is 0 Å². The number of carbonyl (C=O) groups is 4. The highest BCUT2D eigenvalue weighted by Gasteiger charge is 2.63. The molecule has 188 valence electrons. The molecule has 2 aliphatic rings. The lowest BCUT2D eigenvalue weighted by Gasteiger charge is -2.56. The van der Waals surface area contributed by atoms with E-state index < -0.39 is 47.6 Å². The van der Waals surface area contributed by atoms with Gasteiger partial charge in [0.1, 0.15) is 12.7 Å². The molecular formula is C26H36O8. The zero-order valence-corrected chi connectivity index (χ0v) is 21.1. The zero-order valence-electron chi connectivity index (χ0n) is 21.1. The first-order chi connectivity index (χ1) is 15.8. The standard InChI is InChI=1S/C26H36O8/c1-9-15(4)25(30)34-24-22(32-18(7)28)10-16(5)21-11-20(14(2)3)12-23(33-19(8)29)26(21,24)13-31-17(6)27/h9-10,20-24H,2,11-13H2,1,3-8H3. The molecule has 8 heteroatoms. The Bertz CT molecular complexity index is 914. The van der Waals surface area contributed by atoms with Crippen molar-refractivity contribution in [2.75, 3.05) is 6.61 Å². The number of esters is 4. The molecule has 0 aromatic rings. The normalized spacial score (nSPS) is 30.9. The summed E-state index contributed by atoms with van der Waals surface area (Å²) in [5.74, 6) is -2.45. The Morgan fingerprint density at radius 1 is 1.00 bits per heavy atom. The third-order valence-electron chi connectivity index (χ3n) is 6.89. The van der Waals surface area contributed by atoms with Crippen LogP contribution in [0.3, 0.4) is 0 Å². The monoisotopic (exact) mass is 476 g/mol. The summed E-state index contributed by atoms with van der Waals surface area (Å²) in [7, 11) is 0. The van der Waals surface area contributed by atoms with E-state index in [4.69, 9.17) is 18.9 Å². The molecule has 0 spiro atoms. The molecule has 0 heterocycles. The second kappa shape index (κ2) is 11.0. The van der Waals surface area contributed by atoms with E-state index in [1.807, 2.05) is 13.8 Å². The van der Waals surface area contributed by atoms with Crippen molar-refractivity contribution in [3.05, 3.63) is 35.5 Å². The minimum atomic E-state index is -1.16. The average molecular weight is 477 g/mol. The summed E-state index contributed by atoms with van der Waals surface area (Å²) in [6, 6.07) is 0. The summed E-state index contributed by atoms with van der Waals surface area (Å²) in [6.45, 7) is 14.9. The van der Waals surface area contributed by atoms with Gasteiger partial charge >= 0.3 is 23.9 Å². The predicted molar refractivity (Wildman–Crippen MR) is 124 cm³/mol. The van der Waals surface area contributed by atoms with E-state index in [9.17, 15) is 19.2 Å². The molecule has 0 aromatic carbocycles. The van der Waals surface area contributed by atoms with Gasteiger partial charge in [0.15, 0.2) is 12.2 Å². The van der Waals surface area contributed by atoms with Gasteiger partial charge in [-0.25, -0.2) is 4.79 Å². The lowest BCUT2D eigenvalue weighted by Crippen LogP contribution is -2.65. The summed E-state index contributed by atoms with van der Waals surface area (Å²) in [4.78, 5) is 49.0. The van der Waals surface area contributed by atoms with Gasteiger partial charge in [-0.3, -0.25) is 14.4 Å². The Balaban J connectivity index is 2.77. The van der Waals surface area contributed by atoms with Crippen LogP contribution in [0.1, 0.15) is 61.3 Å². The molecule has 6 atom stereocenters. The molecule has 1 fully saturated rings. The van der Waals surface area contributed by atoms with Gasteiger partial charge in [0.2, 0.25) is 0 Å². The molecule has 0 bridgehead atoms. The number of rotatable bonds is 7. The van der Waals surface area contributed by atoms with Crippen LogP contribution in [0.4, 0.5) is 0 Å². The largest absolute Gasteiger partial charge is 0.465 e. The van der Waals surface area contributed by atoms with Crippen LogP contribution in [0, 0.1) is 17.3 Å². The fraction of sp³-hybridized carbons (Fsp3) is 0.615. The van der Waals surface area contributed by atoms with Crippen molar-refractivity contribution in [1.29, 1.82) is 0 Å². The Morgan fingerprint density at radius 2 is 1.62 bits per heavy atom. The number of ether oxygens (including phenoxy) is 4. The Morgan fingerprint density at radius 3 is 2.12 bits per heavy atom. The molecule has 34 heavy (non-hydrogen) atoms. The van der Waals surface area contributed by atoms with Crippen molar-refractivity contribution in [1.82, 2.24) is 0 Å². The molecule has 2 rings (SSSR count). The average Bonchev–Trinajstić information content (AvgIpc) is 2.73. The van der Waals surface area contributed by atoms with Crippen LogP contribution in [-0.4, -0.2) is 48.8 Å². The first-order valence-electron chi connectivity index (χ1n) is 11.5. The third-order valence-corrected chi connectivity index (χ3v) is 6.89. The minimum Gasteiger partial charge on any atom is -0.465 e. The summed E-state index contributed by atoms with van der Waals surface area (Å²) in [5, 5.41) is 0. The quantitative estimate of drug-likeness (QED) is 0.236. The van der Waals surface area contributed by atoms with Gasteiger partial charge in [-0.2, -0.15) is 0 Å². The van der Waals surface area contributed by atoms with E-state index in [1.54, 1.807) is 26.0 Å². The Hall–Kier alpha value is -2.90. The van der Waals surface area contributed by atoms with Crippen molar-refractivity contribution < 1.29 is 38.1 Å². The lowest BCUT2D eigenvalue weighted by atomic mass is 9.53. The summed E-state index contributed by atoms with van der Waals surface area (Å²) < 4.78 is 22.9. The zero-order chi connectivity index (χ0) is 25.8. The highest BCUT2D eigenvalue weighted by molar-refractivity contribution is 5.88. The second-order valence-corrected chi connectivity index (χ2v) is 9.34. The number of hydrogen-bond donors (Lipinski definition) is 0. The number of carbonyl (C=O) groups excluding carboxylic acids is 4. The summed E-state index contributed by atoms with van der Waals surface area (Å²) in [5.41, 5.74) is 1.01. The Kier molecular flexibility index (Phi) is 8.86. The fourth-order valence-electron chi connectivity index (χ4n) is 5.12. The van der Waals surface area contributed by atoms with Crippen molar-refractivity contribution in [2.45, 2.75) is 79.6 Å². The van der Waals surface area contributed by atoms with Crippen molar-refractivity contribution in [2.24, 2.45) is 17.3 Å². The first kappa shape index (κ1) is 27.3. The van der Waals surface area contributed by atoms with Crippen LogP contribution in [0.15, 0.2) is 35.5 Å². The van der Waals surface area contributed by atoms with Gasteiger partial charge in [-0.15, -0.1) is 0 Å². The topological polar surface area (TPSA) is 105 Å². The predicted octanol–water partition coefficient (Wildman–Crippen LogP) is 3.84. The molecule has 1 saturated carbocycles. The molecule has 6 unspecified atom stereocenters. The van der Waals surface area contributed by atoms with E-state index in [1.165, 1.54) is 20.8 Å². The SMILES string of the molecule is C=C(C)C1CC(OC(C)=O)C2(COC(C)=O)C(C1)C(C)=CC(OC(C)=O)C2OC(=O)C(C)=CC. The number of allylic oxidation sites excluding steroid dienone is 3. The maximum atomic E-state index is 12.9. The lowest BCUT2D eigenvalue weighted by molar-refractivity contribution is -0.221. The van der Waals surface area contributed by atoms with Gasteiger partial charge in [-0.1, -0.05) is 23.8 Å². The molecule has 0 amide bonds. The smallest absolute Gasteiger partial charge is 0.333 e. The van der Waals surface area contributed by atoms with Crippen LogP contribution in [0.5, 0.6) is 0 Å². The van der Waals surface area contributed by atoms with E-state index in [-0.39, 0.29) is 18.4 Å². The molecule has 0 saturated heterocycles. The molecule has 8 nitrogen and oxygen atoms in total. The first-order valence-corrected chi connectivity index (χ1v) is 11.5. The van der Waals surface area contributed by atoms with Gasteiger partial charge in [0, 0.05) is 26.3 Å². The maximum Gasteiger partial charge on any atom is 0.333 e. The third kappa shape index (κ3) is 5.77. The Labute approximate surface area is 201 Å². The molecular weight excluding hydrogens is 440 g/mol. The highest BCUT2D eigenvalue weighted by atomic mass is 16.6. The minimum absolute atomic E-state index is 0.0297. The molecule has 0 N–H and O–H groups in total. The highest BCUT2D eigenvalue weighted by Crippen LogP contribution is 2.56. The fourth-order valence-corrected chi connectivity index (χ4v) is 5.12. The van der Waals surface area contributed by atoms with Crippen molar-refractivity contribution in [3.63, 3.8) is 0 Å². The van der Waals surface area contributed by atoms with Gasteiger partial charge in [-0.05, 0) is 58.4 Å². The molecule has 0 radical (unpaired) electrons. The van der Waals surface area contributed by atoms with Crippen LogP contribution in [-0.2, 0) is 38.1 Å². The van der Waals surface area contributed by atoms with Crippen LogP contribution in [0.2, 0.25) is 0 Å². The molecule has 0 aromatic heterocycles. The van der Waals surface area contributed by atoms with Gasteiger partial charge < -0.3 is 18.9 Å². The number of fused-ring (bicyclic) bond motifs is 1. The van der Waals surface area contributed by atoms with E-state index in [0.29, 0.717) is 18.4 Å². The summed E-state index contributed by atoms with van der Waals surface area (Å²) >= 11 is 0. The maximum absolute atomic E-state index is 12.9. The van der Waals surface area contributed by atoms with Crippen molar-refractivity contribution in [3.8, 4) is 0 Å². The molecule has 0 aliphatic heterocycles. The van der Waals surface area contributed by atoms with E-state index >= 15 is 0 Å². The van der Waals surface area contributed by atoms with Crippen LogP contribution in [0.25, 0.3) is 0 Å². The van der Waals surface area contributed by atoms with Crippen LogP contribution < -0.4 is 0 Å². The van der Waals surface area contributed by atoms with Crippen molar-refractivity contribution >= 4 is 23.9 Å². The van der Waals surface area contributed by atoms with Crippen LogP contribution >= 0.6 is 0 Å². The van der Waals surface area contributed by atoms with E-state index in [0.717, 1.165) is 11.1 Å². The number of hydrogen-bond acceptors (Lipinski definition) is 8. The summed E-state index contributed by atoms with van der Waals surface area (Å²) in [6.07, 6.45) is 1.64. The van der Waals surface area contributed by atoms with Gasteiger partial charge in [0.05, 0.1) is 5.41 Å². The van der Waals surface area contributed by atoms with E-state index in [2.05, 4.69) is 6.58 Å². The molecule has 2 aliphatic carbocycles. The second-order valence-electron chi connectivity index (χ2n) is 9.34.